The first kappa shape index (κ1) is 14.8. The molecule has 6 nitrogen and oxygen atoms in total. The summed E-state index contributed by atoms with van der Waals surface area (Å²) in [6, 6.07) is 5.15. The van der Waals surface area contributed by atoms with Crippen LogP contribution in [0, 0.1) is 0 Å². The van der Waals surface area contributed by atoms with Crippen molar-refractivity contribution in [2.24, 2.45) is 0 Å². The minimum absolute atomic E-state index is 0.0398. The van der Waals surface area contributed by atoms with E-state index in [1.54, 1.807) is 24.4 Å². The zero-order valence-electron chi connectivity index (χ0n) is 11.9. The summed E-state index contributed by atoms with van der Waals surface area (Å²) in [7, 11) is -3.67. The van der Waals surface area contributed by atoms with Crippen LogP contribution in [0.4, 0.5) is 5.82 Å². The first-order valence-corrected chi connectivity index (χ1v) is 8.08. The minimum Gasteiger partial charge on any atom is -0.381 e. The Labute approximate surface area is 119 Å². The number of anilines is 1. The lowest BCUT2D eigenvalue weighted by atomic mass is 10.4. The Kier molecular flexibility index (Phi) is 4.01. The van der Waals surface area contributed by atoms with Crippen molar-refractivity contribution in [3.8, 4) is 0 Å². The standard InChI is InChI=1S/C13H20N4O2S/c1-4-8-17(10(2)3)20(18,19)13-12(14)15-11-7-5-6-9-16(11)13/h5-7,9-10H,4,8,14H2,1-3H3. The van der Waals surface area contributed by atoms with Crippen molar-refractivity contribution < 1.29 is 8.42 Å². The molecule has 0 aliphatic carbocycles. The third-order valence-electron chi connectivity index (χ3n) is 3.08. The Morgan fingerprint density at radius 1 is 1.40 bits per heavy atom. The number of hydrogen-bond donors (Lipinski definition) is 1. The molecule has 2 rings (SSSR count). The summed E-state index contributed by atoms with van der Waals surface area (Å²) in [4.78, 5) is 4.12. The predicted octanol–water partition coefficient (Wildman–Crippen LogP) is 1.73. The molecule has 2 heterocycles. The van der Waals surface area contributed by atoms with Gasteiger partial charge in [0.15, 0.2) is 10.8 Å². The summed E-state index contributed by atoms with van der Waals surface area (Å²) < 4.78 is 28.7. The van der Waals surface area contributed by atoms with E-state index < -0.39 is 10.0 Å². The van der Waals surface area contributed by atoms with E-state index in [2.05, 4.69) is 4.98 Å². The van der Waals surface area contributed by atoms with Crippen molar-refractivity contribution >= 4 is 21.5 Å². The summed E-state index contributed by atoms with van der Waals surface area (Å²) >= 11 is 0. The van der Waals surface area contributed by atoms with Crippen LogP contribution in [-0.4, -0.2) is 34.7 Å². The number of imidazole rings is 1. The topological polar surface area (TPSA) is 80.7 Å². The van der Waals surface area contributed by atoms with Crippen LogP contribution >= 0.6 is 0 Å². The first-order valence-electron chi connectivity index (χ1n) is 6.64. The lowest BCUT2D eigenvalue weighted by molar-refractivity contribution is 0.352. The van der Waals surface area contributed by atoms with Crippen LogP contribution in [0.3, 0.4) is 0 Å². The molecule has 0 spiro atoms. The van der Waals surface area contributed by atoms with Gasteiger partial charge < -0.3 is 5.73 Å². The molecule has 110 valence electrons. The van der Waals surface area contributed by atoms with E-state index in [9.17, 15) is 8.42 Å². The summed E-state index contributed by atoms with van der Waals surface area (Å²) in [5.74, 6) is 0.0398. The van der Waals surface area contributed by atoms with Gasteiger partial charge in [-0.25, -0.2) is 13.4 Å². The molecule has 2 N–H and O–H groups in total. The van der Waals surface area contributed by atoms with E-state index in [1.165, 1.54) is 8.71 Å². The fourth-order valence-electron chi connectivity index (χ4n) is 2.24. The normalized spacial score (nSPS) is 12.7. The molecule has 20 heavy (non-hydrogen) atoms. The predicted molar refractivity (Wildman–Crippen MR) is 78.9 cm³/mol. The number of nitrogens with zero attached hydrogens (tertiary/aromatic N) is 3. The molecule has 0 aliphatic rings. The maximum absolute atomic E-state index is 12.8. The molecule has 0 aromatic carbocycles. The van der Waals surface area contributed by atoms with Gasteiger partial charge in [-0.15, -0.1) is 0 Å². The summed E-state index contributed by atoms with van der Waals surface area (Å²) in [6.07, 6.45) is 2.41. The van der Waals surface area contributed by atoms with Crippen LogP contribution in [0.5, 0.6) is 0 Å². The van der Waals surface area contributed by atoms with Crippen molar-refractivity contribution in [1.82, 2.24) is 13.7 Å². The van der Waals surface area contributed by atoms with Gasteiger partial charge in [0.1, 0.15) is 5.65 Å². The van der Waals surface area contributed by atoms with E-state index in [0.717, 1.165) is 6.42 Å². The second-order valence-electron chi connectivity index (χ2n) is 4.94. The van der Waals surface area contributed by atoms with Gasteiger partial charge in [0.05, 0.1) is 0 Å². The molecule has 0 saturated carbocycles. The number of nitrogen functional groups attached to an aromatic ring is 1. The zero-order chi connectivity index (χ0) is 14.9. The fraction of sp³-hybridized carbons (Fsp3) is 0.462. The molecule has 2 aromatic heterocycles. The summed E-state index contributed by atoms with van der Waals surface area (Å²) in [5.41, 5.74) is 6.37. The zero-order valence-corrected chi connectivity index (χ0v) is 12.8. The average Bonchev–Trinajstić information content (AvgIpc) is 2.71. The maximum atomic E-state index is 12.8. The first-order chi connectivity index (χ1) is 9.39. The number of hydrogen-bond acceptors (Lipinski definition) is 4. The highest BCUT2D eigenvalue weighted by molar-refractivity contribution is 7.89. The van der Waals surface area contributed by atoms with E-state index in [-0.39, 0.29) is 16.9 Å². The van der Waals surface area contributed by atoms with Crippen molar-refractivity contribution in [2.45, 2.75) is 38.3 Å². The summed E-state index contributed by atoms with van der Waals surface area (Å²) in [5, 5.41) is 0.0512. The molecule has 2 aromatic rings. The van der Waals surface area contributed by atoms with Crippen molar-refractivity contribution in [2.75, 3.05) is 12.3 Å². The fourth-order valence-corrected chi connectivity index (χ4v) is 4.15. The molecule has 0 unspecified atom stereocenters. The highest BCUT2D eigenvalue weighted by Gasteiger charge is 2.31. The number of rotatable bonds is 5. The van der Waals surface area contributed by atoms with Gasteiger partial charge in [-0.1, -0.05) is 13.0 Å². The molecule has 0 atom stereocenters. The Balaban J connectivity index is 2.65. The van der Waals surface area contributed by atoms with E-state index in [1.807, 2.05) is 20.8 Å². The third-order valence-corrected chi connectivity index (χ3v) is 5.20. The highest BCUT2D eigenvalue weighted by atomic mass is 32.2. The number of sulfonamides is 1. The van der Waals surface area contributed by atoms with Crippen LogP contribution < -0.4 is 5.73 Å². The van der Waals surface area contributed by atoms with Gasteiger partial charge in [-0.3, -0.25) is 4.40 Å². The summed E-state index contributed by atoms with van der Waals surface area (Å²) in [6.45, 7) is 6.11. The monoisotopic (exact) mass is 296 g/mol. The Morgan fingerprint density at radius 3 is 2.70 bits per heavy atom. The number of aromatic nitrogens is 2. The van der Waals surface area contributed by atoms with Crippen molar-refractivity contribution in [3.05, 3.63) is 24.4 Å². The smallest absolute Gasteiger partial charge is 0.263 e. The van der Waals surface area contributed by atoms with Gasteiger partial charge in [0, 0.05) is 18.8 Å². The highest BCUT2D eigenvalue weighted by Crippen LogP contribution is 2.25. The van der Waals surface area contributed by atoms with Gasteiger partial charge in [-0.2, -0.15) is 4.31 Å². The lowest BCUT2D eigenvalue weighted by Crippen LogP contribution is -2.38. The van der Waals surface area contributed by atoms with Crippen molar-refractivity contribution in [3.63, 3.8) is 0 Å². The van der Waals surface area contributed by atoms with Crippen molar-refractivity contribution in [1.29, 1.82) is 0 Å². The largest absolute Gasteiger partial charge is 0.381 e. The average molecular weight is 296 g/mol. The van der Waals surface area contributed by atoms with Gasteiger partial charge in [0.2, 0.25) is 0 Å². The maximum Gasteiger partial charge on any atom is 0.263 e. The quantitative estimate of drug-likeness (QED) is 0.911. The van der Waals surface area contributed by atoms with E-state index in [4.69, 9.17) is 5.73 Å². The molecule has 0 amide bonds. The molecule has 0 fully saturated rings. The number of nitrogens with two attached hydrogens (primary N) is 1. The number of pyridine rings is 1. The number of fused-ring (bicyclic) bond motifs is 1. The lowest BCUT2D eigenvalue weighted by Gasteiger charge is -2.25. The van der Waals surface area contributed by atoms with E-state index >= 15 is 0 Å². The Bertz CT molecular complexity index is 706. The van der Waals surface area contributed by atoms with E-state index in [0.29, 0.717) is 12.2 Å². The Hall–Kier alpha value is -1.60. The van der Waals surface area contributed by atoms with Crippen LogP contribution in [0.15, 0.2) is 29.4 Å². The molecular formula is C13H20N4O2S. The Morgan fingerprint density at radius 2 is 2.10 bits per heavy atom. The molecular weight excluding hydrogens is 276 g/mol. The van der Waals surface area contributed by atoms with Crippen LogP contribution in [0.25, 0.3) is 5.65 Å². The van der Waals surface area contributed by atoms with Crippen LogP contribution in [0.1, 0.15) is 27.2 Å². The van der Waals surface area contributed by atoms with Crippen LogP contribution in [-0.2, 0) is 10.0 Å². The van der Waals surface area contributed by atoms with Crippen LogP contribution in [0.2, 0.25) is 0 Å². The molecule has 0 aliphatic heterocycles. The van der Waals surface area contributed by atoms with Gasteiger partial charge >= 0.3 is 0 Å². The minimum atomic E-state index is -3.67. The third kappa shape index (κ3) is 2.38. The molecule has 0 radical (unpaired) electrons. The molecule has 7 heteroatoms. The van der Waals surface area contributed by atoms with Gasteiger partial charge in [-0.05, 0) is 32.4 Å². The second-order valence-corrected chi connectivity index (χ2v) is 6.75. The SMILES string of the molecule is CCCN(C(C)C)S(=O)(=O)c1c(N)nc2ccccn12. The second kappa shape index (κ2) is 5.41. The molecule has 0 saturated heterocycles. The van der Waals surface area contributed by atoms with Gasteiger partial charge in [0.25, 0.3) is 10.0 Å². The molecule has 0 bridgehead atoms.